The summed E-state index contributed by atoms with van der Waals surface area (Å²) < 4.78 is 5.23. The Morgan fingerprint density at radius 2 is 2.35 bits per heavy atom. The maximum absolute atomic E-state index is 11.8. The fourth-order valence-electron chi connectivity index (χ4n) is 1.89. The maximum Gasteiger partial charge on any atom is 0.279 e. The Kier molecular flexibility index (Phi) is 5.48. The van der Waals surface area contributed by atoms with Gasteiger partial charge >= 0.3 is 0 Å². The molecule has 0 radical (unpaired) electrons. The van der Waals surface area contributed by atoms with Crippen molar-refractivity contribution in [1.82, 2.24) is 15.8 Å². The Morgan fingerprint density at radius 3 is 3.05 bits per heavy atom. The van der Waals surface area contributed by atoms with Gasteiger partial charge in [-0.2, -0.15) is 0 Å². The molecule has 8 heteroatoms. The molecule has 110 valence electrons. The van der Waals surface area contributed by atoms with Gasteiger partial charge in [-0.3, -0.25) is 25.3 Å². The lowest BCUT2D eigenvalue weighted by Crippen LogP contribution is -2.53. The first-order valence-electron chi connectivity index (χ1n) is 6.26. The Balaban J connectivity index is 1.76. The number of ether oxygens (including phenoxy) is 1. The molecule has 0 aliphatic carbocycles. The Bertz CT molecular complexity index is 452. The van der Waals surface area contributed by atoms with Crippen molar-refractivity contribution in [3.8, 4) is 0 Å². The van der Waals surface area contributed by atoms with Gasteiger partial charge in [0.2, 0.25) is 0 Å². The number of nitrogens with one attached hydrogen (secondary N) is 2. The van der Waals surface area contributed by atoms with Crippen molar-refractivity contribution in [1.29, 1.82) is 0 Å². The number of amides is 2. The molecule has 0 aromatic carbocycles. The molecule has 1 aromatic rings. The van der Waals surface area contributed by atoms with Crippen LogP contribution in [-0.4, -0.2) is 60.8 Å². The topological polar surface area (TPSA) is 90.9 Å². The summed E-state index contributed by atoms with van der Waals surface area (Å²) in [6.45, 7) is 1.57. The van der Waals surface area contributed by atoms with E-state index in [1.54, 1.807) is 17.5 Å². The molecule has 1 atom stereocenters. The van der Waals surface area contributed by atoms with Crippen molar-refractivity contribution in [2.45, 2.75) is 6.04 Å². The number of carbonyl (C=O) groups is 2. The van der Waals surface area contributed by atoms with E-state index in [0.717, 1.165) is 0 Å². The molecule has 0 spiro atoms. The van der Waals surface area contributed by atoms with Crippen molar-refractivity contribution in [3.63, 3.8) is 0 Å². The SMILES string of the molecule is O=C(CN1CCOCC1CO)NNC(=O)c1cccs1. The van der Waals surface area contributed by atoms with Crippen LogP contribution in [0.3, 0.4) is 0 Å². The molecule has 2 rings (SSSR count). The smallest absolute Gasteiger partial charge is 0.279 e. The van der Waals surface area contributed by atoms with Crippen molar-refractivity contribution in [2.24, 2.45) is 0 Å². The number of aliphatic hydroxyl groups excluding tert-OH is 1. The van der Waals surface area contributed by atoms with Crippen LogP contribution in [0, 0.1) is 0 Å². The molecule has 1 aromatic heterocycles. The number of hydrogen-bond acceptors (Lipinski definition) is 6. The maximum atomic E-state index is 11.8. The highest BCUT2D eigenvalue weighted by molar-refractivity contribution is 7.12. The molecule has 1 aliphatic heterocycles. The summed E-state index contributed by atoms with van der Waals surface area (Å²) in [7, 11) is 0. The second-order valence-electron chi connectivity index (χ2n) is 4.36. The first-order valence-corrected chi connectivity index (χ1v) is 7.14. The van der Waals surface area contributed by atoms with E-state index >= 15 is 0 Å². The normalized spacial score (nSPS) is 19.6. The second kappa shape index (κ2) is 7.34. The highest BCUT2D eigenvalue weighted by atomic mass is 32.1. The first kappa shape index (κ1) is 14.9. The van der Waals surface area contributed by atoms with E-state index in [1.165, 1.54) is 11.3 Å². The third-order valence-electron chi connectivity index (χ3n) is 2.97. The second-order valence-corrected chi connectivity index (χ2v) is 5.31. The minimum atomic E-state index is -0.339. The van der Waals surface area contributed by atoms with Crippen LogP contribution in [0.2, 0.25) is 0 Å². The van der Waals surface area contributed by atoms with Gasteiger partial charge in [0.15, 0.2) is 0 Å². The van der Waals surface area contributed by atoms with Gasteiger partial charge in [0.25, 0.3) is 11.8 Å². The number of aliphatic hydroxyl groups is 1. The van der Waals surface area contributed by atoms with Gasteiger partial charge in [0, 0.05) is 6.54 Å². The molecular weight excluding hydrogens is 282 g/mol. The number of morpholine rings is 1. The highest BCUT2D eigenvalue weighted by Crippen LogP contribution is 2.07. The quantitative estimate of drug-likeness (QED) is 0.633. The third kappa shape index (κ3) is 4.01. The van der Waals surface area contributed by atoms with Gasteiger partial charge in [-0.1, -0.05) is 6.07 Å². The van der Waals surface area contributed by atoms with Gasteiger partial charge in [0.1, 0.15) is 0 Å². The van der Waals surface area contributed by atoms with Gasteiger partial charge in [-0.05, 0) is 11.4 Å². The van der Waals surface area contributed by atoms with Crippen molar-refractivity contribution in [2.75, 3.05) is 32.9 Å². The Morgan fingerprint density at radius 1 is 1.50 bits per heavy atom. The number of rotatable bonds is 4. The molecule has 1 fully saturated rings. The molecule has 20 heavy (non-hydrogen) atoms. The summed E-state index contributed by atoms with van der Waals surface area (Å²) in [5.41, 5.74) is 4.73. The Labute approximate surface area is 120 Å². The van der Waals surface area contributed by atoms with Crippen LogP contribution in [0.25, 0.3) is 0 Å². The Hall–Kier alpha value is -1.48. The highest BCUT2D eigenvalue weighted by Gasteiger charge is 2.24. The molecular formula is C12H17N3O4S. The molecule has 0 bridgehead atoms. The number of nitrogens with zero attached hydrogens (tertiary/aromatic N) is 1. The van der Waals surface area contributed by atoms with Crippen LogP contribution in [0.5, 0.6) is 0 Å². The van der Waals surface area contributed by atoms with Crippen LogP contribution in [0.1, 0.15) is 9.67 Å². The van der Waals surface area contributed by atoms with Gasteiger partial charge < -0.3 is 9.84 Å². The van der Waals surface area contributed by atoms with E-state index in [1.807, 2.05) is 4.90 Å². The summed E-state index contributed by atoms with van der Waals surface area (Å²) in [6, 6.07) is 3.26. The van der Waals surface area contributed by atoms with Crippen LogP contribution in [0.15, 0.2) is 17.5 Å². The zero-order chi connectivity index (χ0) is 14.4. The molecule has 1 saturated heterocycles. The van der Waals surface area contributed by atoms with E-state index in [4.69, 9.17) is 4.74 Å². The zero-order valence-corrected chi connectivity index (χ0v) is 11.7. The van der Waals surface area contributed by atoms with Crippen molar-refractivity contribution in [3.05, 3.63) is 22.4 Å². The van der Waals surface area contributed by atoms with E-state index in [0.29, 0.717) is 24.6 Å². The molecule has 2 amide bonds. The van der Waals surface area contributed by atoms with E-state index in [2.05, 4.69) is 10.9 Å². The van der Waals surface area contributed by atoms with Crippen molar-refractivity contribution < 1.29 is 19.4 Å². The molecule has 0 saturated carbocycles. The summed E-state index contributed by atoms with van der Waals surface area (Å²) in [5, 5.41) is 11.0. The van der Waals surface area contributed by atoms with Crippen molar-refractivity contribution >= 4 is 23.2 Å². The molecule has 7 nitrogen and oxygen atoms in total. The van der Waals surface area contributed by atoms with E-state index in [-0.39, 0.29) is 31.0 Å². The van der Waals surface area contributed by atoms with Gasteiger partial charge in [-0.15, -0.1) is 11.3 Å². The average molecular weight is 299 g/mol. The summed E-state index contributed by atoms with van der Waals surface area (Å²) in [4.78, 5) is 25.8. The average Bonchev–Trinajstić information content (AvgIpc) is 2.99. The minimum Gasteiger partial charge on any atom is -0.395 e. The lowest BCUT2D eigenvalue weighted by atomic mass is 10.2. The minimum absolute atomic E-state index is 0.0607. The molecule has 2 heterocycles. The summed E-state index contributed by atoms with van der Waals surface area (Å²) >= 11 is 1.30. The zero-order valence-electron chi connectivity index (χ0n) is 10.9. The van der Waals surface area contributed by atoms with Gasteiger partial charge in [-0.25, -0.2) is 0 Å². The number of carbonyl (C=O) groups excluding carboxylic acids is 2. The van der Waals surface area contributed by atoms with E-state index < -0.39 is 0 Å². The van der Waals surface area contributed by atoms with Crippen LogP contribution >= 0.6 is 11.3 Å². The standard InChI is InChI=1S/C12H17N3O4S/c16-7-9-8-19-4-3-15(9)6-11(17)13-14-12(18)10-2-1-5-20-10/h1-2,5,9,16H,3-4,6-8H2,(H,13,17)(H,14,18). The largest absolute Gasteiger partial charge is 0.395 e. The summed E-state index contributed by atoms with van der Waals surface area (Å²) in [5.74, 6) is -0.663. The monoisotopic (exact) mass is 299 g/mol. The summed E-state index contributed by atoms with van der Waals surface area (Å²) in [6.07, 6.45) is 0. The molecule has 1 unspecified atom stereocenters. The molecule has 3 N–H and O–H groups in total. The van der Waals surface area contributed by atoms with Crippen LogP contribution in [-0.2, 0) is 9.53 Å². The predicted octanol–water partition coefficient (Wildman–Crippen LogP) is -0.798. The fourth-order valence-corrected chi connectivity index (χ4v) is 2.50. The lowest BCUT2D eigenvalue weighted by molar-refractivity contribution is -0.126. The predicted molar refractivity (Wildman–Crippen MR) is 73.2 cm³/mol. The number of thiophene rings is 1. The van der Waals surface area contributed by atoms with Crippen LogP contribution in [0.4, 0.5) is 0 Å². The molecule has 1 aliphatic rings. The van der Waals surface area contributed by atoms with Gasteiger partial charge in [0.05, 0.1) is 37.3 Å². The lowest BCUT2D eigenvalue weighted by Gasteiger charge is -2.33. The first-order chi connectivity index (χ1) is 9.70. The van der Waals surface area contributed by atoms with Crippen LogP contribution < -0.4 is 10.9 Å². The third-order valence-corrected chi connectivity index (χ3v) is 3.84. The number of hydrogen-bond donors (Lipinski definition) is 3. The number of hydrazine groups is 1. The fraction of sp³-hybridized carbons (Fsp3) is 0.500. The van der Waals surface area contributed by atoms with E-state index in [9.17, 15) is 14.7 Å².